The Labute approximate surface area is 144 Å². The molecule has 0 saturated carbocycles. The average Bonchev–Trinajstić information content (AvgIpc) is 3.15. The monoisotopic (exact) mass is 342 g/mol. The lowest BCUT2D eigenvalue weighted by atomic mass is 10.2. The fourth-order valence-corrected chi connectivity index (χ4v) is 2.29. The third-order valence-electron chi connectivity index (χ3n) is 3.28. The zero-order valence-electron chi connectivity index (χ0n) is 12.8. The number of carbonyl (C=O) groups excluding carboxylic acids is 1. The van der Waals surface area contributed by atoms with Crippen molar-refractivity contribution in [2.45, 2.75) is 0 Å². The second-order valence-electron chi connectivity index (χ2n) is 4.91. The Hall–Kier alpha value is -2.79. The molecule has 122 valence electrons. The molecule has 2 aromatic carbocycles. The number of benzene rings is 2. The van der Waals surface area contributed by atoms with Gasteiger partial charge in [-0.25, -0.2) is 9.48 Å². The molecule has 24 heavy (non-hydrogen) atoms. The minimum atomic E-state index is -0.398. The summed E-state index contributed by atoms with van der Waals surface area (Å²) >= 11 is 5.98. The van der Waals surface area contributed by atoms with Crippen LogP contribution in [0.1, 0.15) is 10.4 Å². The maximum atomic E-state index is 12.0. The van der Waals surface area contributed by atoms with Crippen LogP contribution >= 0.6 is 11.6 Å². The third-order valence-corrected chi connectivity index (χ3v) is 3.59. The van der Waals surface area contributed by atoms with Crippen molar-refractivity contribution in [2.24, 2.45) is 0 Å². The van der Waals surface area contributed by atoms with Crippen molar-refractivity contribution in [2.75, 3.05) is 13.2 Å². The van der Waals surface area contributed by atoms with Gasteiger partial charge >= 0.3 is 5.97 Å². The van der Waals surface area contributed by atoms with Gasteiger partial charge in [-0.15, -0.1) is 0 Å². The van der Waals surface area contributed by atoms with Gasteiger partial charge in [-0.05, 0) is 42.5 Å². The molecule has 6 heteroatoms. The van der Waals surface area contributed by atoms with Crippen molar-refractivity contribution in [1.82, 2.24) is 9.78 Å². The van der Waals surface area contributed by atoms with Crippen molar-refractivity contribution in [3.05, 3.63) is 77.6 Å². The molecule has 0 fully saturated rings. The molecule has 0 unspecified atom stereocenters. The van der Waals surface area contributed by atoms with Crippen LogP contribution in [-0.4, -0.2) is 29.0 Å². The summed E-state index contributed by atoms with van der Waals surface area (Å²) in [6.45, 7) is 0.381. The molecule has 0 amide bonds. The van der Waals surface area contributed by atoms with E-state index < -0.39 is 5.97 Å². The molecular formula is C18H15ClN2O3. The Morgan fingerprint density at radius 2 is 1.83 bits per heavy atom. The Bertz CT molecular complexity index is 801. The summed E-state index contributed by atoms with van der Waals surface area (Å²) in [6.07, 6.45) is 3.53. The molecule has 3 rings (SSSR count). The van der Waals surface area contributed by atoms with Gasteiger partial charge in [-0.2, -0.15) is 5.10 Å². The lowest BCUT2D eigenvalue weighted by Crippen LogP contribution is -2.12. The van der Waals surface area contributed by atoms with Gasteiger partial charge in [0.05, 0.1) is 16.3 Å². The van der Waals surface area contributed by atoms with E-state index in [1.807, 2.05) is 36.5 Å². The van der Waals surface area contributed by atoms with E-state index >= 15 is 0 Å². The van der Waals surface area contributed by atoms with E-state index in [0.29, 0.717) is 16.3 Å². The van der Waals surface area contributed by atoms with E-state index in [9.17, 15) is 4.79 Å². The maximum absolute atomic E-state index is 12.0. The van der Waals surface area contributed by atoms with Crippen LogP contribution in [0.5, 0.6) is 5.75 Å². The highest BCUT2D eigenvalue weighted by molar-refractivity contribution is 6.32. The SMILES string of the molecule is O=C(OCCOc1ccccc1Cl)c1ccc(-n2cccn2)cc1. The normalized spacial score (nSPS) is 10.4. The van der Waals surface area contributed by atoms with Crippen molar-refractivity contribution < 1.29 is 14.3 Å². The number of hydrogen-bond donors (Lipinski definition) is 0. The van der Waals surface area contributed by atoms with Crippen molar-refractivity contribution in [3.63, 3.8) is 0 Å². The Morgan fingerprint density at radius 3 is 2.54 bits per heavy atom. The standard InChI is InChI=1S/C18H15ClN2O3/c19-16-4-1-2-5-17(16)23-12-13-24-18(22)14-6-8-15(9-7-14)21-11-3-10-20-21/h1-11H,12-13H2. The summed E-state index contributed by atoms with van der Waals surface area (Å²) in [5, 5.41) is 4.66. The lowest BCUT2D eigenvalue weighted by Gasteiger charge is -2.09. The van der Waals surface area contributed by atoms with Crippen LogP contribution < -0.4 is 4.74 Å². The number of rotatable bonds is 6. The number of nitrogens with zero attached hydrogens (tertiary/aromatic N) is 2. The fraction of sp³-hybridized carbons (Fsp3) is 0.111. The van der Waals surface area contributed by atoms with Crippen LogP contribution in [0.25, 0.3) is 5.69 Å². The average molecular weight is 343 g/mol. The van der Waals surface area contributed by atoms with Crippen LogP contribution in [0.4, 0.5) is 0 Å². The maximum Gasteiger partial charge on any atom is 0.338 e. The predicted octanol–water partition coefficient (Wildman–Crippen LogP) is 3.76. The summed E-state index contributed by atoms with van der Waals surface area (Å²) in [4.78, 5) is 12.0. The molecule has 0 bridgehead atoms. The highest BCUT2D eigenvalue weighted by Crippen LogP contribution is 2.22. The smallest absolute Gasteiger partial charge is 0.338 e. The lowest BCUT2D eigenvalue weighted by molar-refractivity contribution is 0.0450. The van der Waals surface area contributed by atoms with E-state index in [4.69, 9.17) is 21.1 Å². The minimum Gasteiger partial charge on any atom is -0.488 e. The molecule has 5 nitrogen and oxygen atoms in total. The van der Waals surface area contributed by atoms with E-state index in [0.717, 1.165) is 5.69 Å². The second-order valence-corrected chi connectivity index (χ2v) is 5.32. The molecule has 0 N–H and O–H groups in total. The number of carbonyl (C=O) groups is 1. The highest BCUT2D eigenvalue weighted by atomic mass is 35.5. The Morgan fingerprint density at radius 1 is 1.04 bits per heavy atom. The van der Waals surface area contributed by atoms with Crippen molar-refractivity contribution >= 4 is 17.6 Å². The molecule has 1 aromatic heterocycles. The molecule has 0 saturated heterocycles. The number of ether oxygens (including phenoxy) is 2. The van der Waals surface area contributed by atoms with E-state index in [1.54, 1.807) is 35.1 Å². The van der Waals surface area contributed by atoms with Crippen molar-refractivity contribution in [3.8, 4) is 11.4 Å². The number of hydrogen-bond acceptors (Lipinski definition) is 4. The number of esters is 1. The molecule has 0 aliphatic rings. The van der Waals surface area contributed by atoms with Gasteiger partial charge in [0.15, 0.2) is 0 Å². The van der Waals surface area contributed by atoms with Gasteiger partial charge in [0, 0.05) is 12.4 Å². The molecule has 1 heterocycles. The van der Waals surface area contributed by atoms with Gasteiger partial charge < -0.3 is 9.47 Å². The van der Waals surface area contributed by atoms with Gasteiger partial charge in [-0.1, -0.05) is 23.7 Å². The fourth-order valence-electron chi connectivity index (χ4n) is 2.10. The van der Waals surface area contributed by atoms with Crippen LogP contribution in [0.3, 0.4) is 0 Å². The molecule has 0 spiro atoms. The van der Waals surface area contributed by atoms with Gasteiger partial charge in [0.25, 0.3) is 0 Å². The first-order chi connectivity index (χ1) is 11.7. The first kappa shape index (κ1) is 16.1. The first-order valence-electron chi connectivity index (χ1n) is 7.38. The van der Waals surface area contributed by atoms with Crippen LogP contribution in [0.15, 0.2) is 67.0 Å². The largest absolute Gasteiger partial charge is 0.488 e. The summed E-state index contributed by atoms with van der Waals surface area (Å²) in [6, 6.07) is 16.0. The summed E-state index contributed by atoms with van der Waals surface area (Å²) in [5.74, 6) is 0.170. The van der Waals surface area contributed by atoms with Gasteiger partial charge in [0.2, 0.25) is 0 Å². The quantitative estimate of drug-likeness (QED) is 0.505. The van der Waals surface area contributed by atoms with Crippen LogP contribution in [0.2, 0.25) is 5.02 Å². The topological polar surface area (TPSA) is 53.4 Å². The number of halogens is 1. The zero-order chi connectivity index (χ0) is 16.8. The number of aromatic nitrogens is 2. The molecule has 0 aliphatic heterocycles. The molecule has 0 aliphatic carbocycles. The molecule has 3 aromatic rings. The molecular weight excluding hydrogens is 328 g/mol. The zero-order valence-corrected chi connectivity index (χ0v) is 13.5. The van der Waals surface area contributed by atoms with E-state index in [1.165, 1.54) is 0 Å². The Kier molecular flexibility index (Phi) is 5.13. The number of para-hydroxylation sites is 1. The van der Waals surface area contributed by atoms with Crippen LogP contribution in [-0.2, 0) is 4.74 Å². The Balaban J connectivity index is 1.49. The van der Waals surface area contributed by atoms with Gasteiger partial charge in [-0.3, -0.25) is 0 Å². The van der Waals surface area contributed by atoms with E-state index in [-0.39, 0.29) is 13.2 Å². The predicted molar refractivity (Wildman–Crippen MR) is 90.8 cm³/mol. The summed E-state index contributed by atoms with van der Waals surface area (Å²) in [7, 11) is 0. The molecule has 0 radical (unpaired) electrons. The van der Waals surface area contributed by atoms with Gasteiger partial charge in [0.1, 0.15) is 19.0 Å². The summed E-state index contributed by atoms with van der Waals surface area (Å²) in [5.41, 5.74) is 1.35. The highest BCUT2D eigenvalue weighted by Gasteiger charge is 2.08. The first-order valence-corrected chi connectivity index (χ1v) is 7.76. The van der Waals surface area contributed by atoms with Crippen molar-refractivity contribution in [1.29, 1.82) is 0 Å². The third kappa shape index (κ3) is 3.94. The van der Waals surface area contributed by atoms with E-state index in [2.05, 4.69) is 5.10 Å². The summed E-state index contributed by atoms with van der Waals surface area (Å²) < 4.78 is 12.4. The second kappa shape index (κ2) is 7.66. The molecule has 0 atom stereocenters. The minimum absolute atomic E-state index is 0.144. The van der Waals surface area contributed by atoms with Crippen LogP contribution in [0, 0.1) is 0 Å².